The zero-order valence-corrected chi connectivity index (χ0v) is 16.2. The Morgan fingerprint density at radius 3 is 2.46 bits per heavy atom. The highest BCUT2D eigenvalue weighted by atomic mass is 35.5. The molecule has 0 radical (unpaired) electrons. The van der Waals surface area contributed by atoms with Gasteiger partial charge in [-0.25, -0.2) is 0 Å². The number of carbonyl (C=O) groups excluding carboxylic acids is 1. The number of piperidine rings is 1. The van der Waals surface area contributed by atoms with Crippen molar-refractivity contribution in [2.24, 2.45) is 0 Å². The average Bonchev–Trinajstić information content (AvgIpc) is 3.04. The van der Waals surface area contributed by atoms with Crippen molar-refractivity contribution in [3.8, 4) is 0 Å². The molecule has 0 aliphatic carbocycles. The Bertz CT molecular complexity index is 775. The van der Waals surface area contributed by atoms with Crippen LogP contribution in [0, 0.1) is 13.8 Å². The van der Waals surface area contributed by atoms with E-state index in [-0.39, 0.29) is 18.3 Å². The third-order valence-corrected chi connectivity index (χ3v) is 5.27. The van der Waals surface area contributed by atoms with Crippen molar-refractivity contribution in [2.45, 2.75) is 45.7 Å². The largest absolute Gasteiger partial charge is 0.339 e. The van der Waals surface area contributed by atoms with Gasteiger partial charge in [0.25, 0.3) is 5.91 Å². The summed E-state index contributed by atoms with van der Waals surface area (Å²) in [5.41, 5.74) is 3.09. The Balaban J connectivity index is 0.00000196. The van der Waals surface area contributed by atoms with Crippen molar-refractivity contribution in [3.05, 3.63) is 46.5 Å². The first-order valence-electron chi connectivity index (χ1n) is 9.12. The smallest absolute Gasteiger partial charge is 0.253 e. The van der Waals surface area contributed by atoms with Gasteiger partial charge in [0, 0.05) is 37.7 Å². The zero-order valence-electron chi connectivity index (χ0n) is 15.4. The zero-order chi connectivity index (χ0) is 17.4. The second-order valence-electron chi connectivity index (χ2n) is 7.25. The van der Waals surface area contributed by atoms with Crippen LogP contribution in [0.1, 0.15) is 51.9 Å². The second kappa shape index (κ2) is 7.76. The molecule has 0 saturated carbocycles. The van der Waals surface area contributed by atoms with E-state index >= 15 is 0 Å². The van der Waals surface area contributed by atoms with Crippen molar-refractivity contribution < 1.29 is 4.79 Å². The molecule has 1 saturated heterocycles. The van der Waals surface area contributed by atoms with E-state index in [1.807, 2.05) is 30.9 Å². The quantitative estimate of drug-likeness (QED) is 0.875. The van der Waals surface area contributed by atoms with Crippen molar-refractivity contribution >= 4 is 18.3 Å². The van der Waals surface area contributed by atoms with Gasteiger partial charge >= 0.3 is 0 Å². The molecular formula is C19H26ClN5O. The van der Waals surface area contributed by atoms with E-state index in [0.29, 0.717) is 5.92 Å². The molecular weight excluding hydrogens is 350 g/mol. The summed E-state index contributed by atoms with van der Waals surface area (Å²) >= 11 is 0. The average molecular weight is 376 g/mol. The maximum absolute atomic E-state index is 12.8. The highest BCUT2D eigenvalue weighted by Crippen LogP contribution is 2.28. The number of amides is 1. The number of hydrogen-bond donors (Lipinski definition) is 1. The van der Waals surface area contributed by atoms with Crippen LogP contribution in [0.15, 0.2) is 18.2 Å². The summed E-state index contributed by atoms with van der Waals surface area (Å²) < 4.78 is 2.27. The lowest BCUT2D eigenvalue weighted by Crippen LogP contribution is -2.39. The van der Waals surface area contributed by atoms with Gasteiger partial charge in [0.15, 0.2) is 0 Å². The molecule has 26 heavy (non-hydrogen) atoms. The molecule has 6 nitrogen and oxygen atoms in total. The minimum atomic E-state index is 0. The van der Waals surface area contributed by atoms with Crippen LogP contribution < -0.4 is 5.32 Å². The Labute approximate surface area is 160 Å². The van der Waals surface area contributed by atoms with Gasteiger partial charge in [-0.15, -0.1) is 22.6 Å². The fourth-order valence-corrected chi connectivity index (χ4v) is 4.04. The first-order chi connectivity index (χ1) is 12.1. The molecule has 3 heterocycles. The maximum Gasteiger partial charge on any atom is 0.253 e. The van der Waals surface area contributed by atoms with E-state index in [1.165, 1.54) is 0 Å². The molecule has 2 aromatic rings. The van der Waals surface area contributed by atoms with Crippen LogP contribution in [-0.4, -0.2) is 45.2 Å². The summed E-state index contributed by atoms with van der Waals surface area (Å²) in [6.45, 7) is 8.38. The number of aromatic nitrogens is 3. The fraction of sp³-hybridized carbons (Fsp3) is 0.526. The summed E-state index contributed by atoms with van der Waals surface area (Å²) in [6.07, 6.45) is 1.92. The second-order valence-corrected chi connectivity index (χ2v) is 7.25. The third-order valence-electron chi connectivity index (χ3n) is 5.27. The highest BCUT2D eigenvalue weighted by Gasteiger charge is 2.29. The summed E-state index contributed by atoms with van der Waals surface area (Å²) in [5.74, 6) is 2.70. The van der Waals surface area contributed by atoms with Crippen LogP contribution in [-0.2, 0) is 13.1 Å². The Hall–Kier alpha value is -1.92. The molecule has 0 spiro atoms. The lowest BCUT2D eigenvalue weighted by Gasteiger charge is -2.32. The summed E-state index contributed by atoms with van der Waals surface area (Å²) in [6, 6.07) is 6.08. The van der Waals surface area contributed by atoms with E-state index in [0.717, 1.165) is 73.9 Å². The number of halogens is 1. The summed E-state index contributed by atoms with van der Waals surface area (Å²) in [4.78, 5) is 14.8. The predicted molar refractivity (Wildman–Crippen MR) is 103 cm³/mol. The number of likely N-dealkylation sites (tertiary alicyclic amines) is 1. The molecule has 1 aromatic carbocycles. The lowest BCUT2D eigenvalue weighted by atomic mass is 9.95. The monoisotopic (exact) mass is 375 g/mol. The van der Waals surface area contributed by atoms with E-state index < -0.39 is 0 Å². The number of carbonyl (C=O) groups is 1. The van der Waals surface area contributed by atoms with Gasteiger partial charge in [0.1, 0.15) is 11.6 Å². The normalized spacial score (nSPS) is 17.5. The number of nitrogens with one attached hydrogen (secondary N) is 1. The highest BCUT2D eigenvalue weighted by molar-refractivity contribution is 5.94. The summed E-state index contributed by atoms with van der Waals surface area (Å²) in [7, 11) is 0. The van der Waals surface area contributed by atoms with Crippen molar-refractivity contribution in [1.82, 2.24) is 25.0 Å². The molecule has 2 aliphatic rings. The van der Waals surface area contributed by atoms with Crippen LogP contribution >= 0.6 is 12.4 Å². The van der Waals surface area contributed by atoms with E-state index in [9.17, 15) is 4.79 Å². The standard InChI is InChI=1S/C19H25N5O.ClH/c1-13-9-14(2)11-16(10-13)19(25)23-6-3-15(4-7-23)18-22-21-17-12-20-5-8-24(17)18;/h9-11,15,20H,3-8,12H2,1-2H3;1H. The minimum absolute atomic E-state index is 0. The minimum Gasteiger partial charge on any atom is -0.339 e. The molecule has 1 fully saturated rings. The number of fused-ring (bicyclic) bond motifs is 1. The molecule has 4 rings (SSSR count). The molecule has 140 valence electrons. The molecule has 1 amide bonds. The Kier molecular flexibility index (Phi) is 5.63. The number of aryl methyl sites for hydroxylation is 2. The lowest BCUT2D eigenvalue weighted by molar-refractivity contribution is 0.0710. The van der Waals surface area contributed by atoms with Gasteiger partial charge in [-0.1, -0.05) is 17.2 Å². The van der Waals surface area contributed by atoms with Gasteiger partial charge in [0.2, 0.25) is 0 Å². The van der Waals surface area contributed by atoms with Gasteiger partial charge in [0.05, 0.1) is 6.54 Å². The third kappa shape index (κ3) is 3.62. The van der Waals surface area contributed by atoms with Crippen LogP contribution in [0.2, 0.25) is 0 Å². The first-order valence-corrected chi connectivity index (χ1v) is 9.12. The summed E-state index contributed by atoms with van der Waals surface area (Å²) in [5, 5.41) is 12.1. The molecule has 0 atom stereocenters. The maximum atomic E-state index is 12.8. The molecule has 1 N–H and O–H groups in total. The van der Waals surface area contributed by atoms with Crippen molar-refractivity contribution in [2.75, 3.05) is 19.6 Å². The van der Waals surface area contributed by atoms with E-state index in [1.54, 1.807) is 0 Å². The van der Waals surface area contributed by atoms with Gasteiger partial charge in [-0.2, -0.15) is 0 Å². The number of benzene rings is 1. The van der Waals surface area contributed by atoms with E-state index in [4.69, 9.17) is 0 Å². The van der Waals surface area contributed by atoms with Crippen molar-refractivity contribution in [1.29, 1.82) is 0 Å². The van der Waals surface area contributed by atoms with Gasteiger partial charge < -0.3 is 14.8 Å². The van der Waals surface area contributed by atoms with E-state index in [2.05, 4.69) is 26.1 Å². The number of rotatable bonds is 2. The van der Waals surface area contributed by atoms with Crippen LogP contribution in [0.25, 0.3) is 0 Å². The SMILES string of the molecule is Cc1cc(C)cc(C(=O)N2CCC(c3nnc4n3CCNC4)CC2)c1.Cl. The molecule has 0 bridgehead atoms. The van der Waals surface area contributed by atoms with Crippen LogP contribution in [0.3, 0.4) is 0 Å². The molecule has 2 aliphatic heterocycles. The van der Waals surface area contributed by atoms with Crippen LogP contribution in [0.4, 0.5) is 0 Å². The predicted octanol–water partition coefficient (Wildman–Crippen LogP) is 2.44. The number of nitrogens with zero attached hydrogens (tertiary/aromatic N) is 4. The molecule has 0 unspecified atom stereocenters. The molecule has 7 heteroatoms. The van der Waals surface area contributed by atoms with Gasteiger partial charge in [-0.05, 0) is 38.8 Å². The first kappa shape index (κ1) is 18.9. The molecule has 1 aromatic heterocycles. The fourth-order valence-electron chi connectivity index (χ4n) is 4.04. The number of hydrogen-bond acceptors (Lipinski definition) is 4. The topological polar surface area (TPSA) is 63.1 Å². The Morgan fingerprint density at radius 1 is 1.08 bits per heavy atom. The Morgan fingerprint density at radius 2 is 1.77 bits per heavy atom. The van der Waals surface area contributed by atoms with Crippen LogP contribution in [0.5, 0.6) is 0 Å². The van der Waals surface area contributed by atoms with Gasteiger partial charge in [-0.3, -0.25) is 4.79 Å². The van der Waals surface area contributed by atoms with Crippen molar-refractivity contribution in [3.63, 3.8) is 0 Å².